The standard InChI is InChI=1S/C12H14ClN3/c13-9-4-5-10-11(6-9)16(12(14)15-10)7-8-2-1-3-8/h4-6,8H,1-3,7H2,(H2,14,15). The molecule has 4 heteroatoms. The maximum atomic E-state index is 6.00. The molecule has 1 aromatic heterocycles. The van der Waals surface area contributed by atoms with E-state index in [1.807, 2.05) is 18.2 Å². The molecule has 1 aliphatic rings. The molecule has 1 aliphatic carbocycles. The summed E-state index contributed by atoms with van der Waals surface area (Å²) in [6.07, 6.45) is 3.96. The van der Waals surface area contributed by atoms with Crippen LogP contribution < -0.4 is 5.73 Å². The van der Waals surface area contributed by atoms with Gasteiger partial charge in [-0.3, -0.25) is 0 Å². The number of nitrogens with zero attached hydrogens (tertiary/aromatic N) is 2. The first-order chi connectivity index (χ1) is 7.74. The molecule has 0 saturated heterocycles. The molecule has 0 amide bonds. The average Bonchev–Trinajstić information content (AvgIpc) is 2.48. The molecule has 0 unspecified atom stereocenters. The first-order valence-electron chi connectivity index (χ1n) is 5.65. The van der Waals surface area contributed by atoms with Crippen molar-refractivity contribution in [3.8, 4) is 0 Å². The molecule has 84 valence electrons. The molecule has 1 fully saturated rings. The summed E-state index contributed by atoms with van der Waals surface area (Å²) < 4.78 is 2.09. The highest BCUT2D eigenvalue weighted by molar-refractivity contribution is 6.31. The van der Waals surface area contributed by atoms with Gasteiger partial charge in [0.15, 0.2) is 0 Å². The number of nitrogens with two attached hydrogens (primary N) is 1. The van der Waals surface area contributed by atoms with Crippen molar-refractivity contribution in [2.24, 2.45) is 5.92 Å². The van der Waals surface area contributed by atoms with E-state index < -0.39 is 0 Å². The summed E-state index contributed by atoms with van der Waals surface area (Å²) in [6, 6.07) is 5.72. The first-order valence-corrected chi connectivity index (χ1v) is 6.03. The average molecular weight is 236 g/mol. The molecule has 3 nitrogen and oxygen atoms in total. The van der Waals surface area contributed by atoms with Gasteiger partial charge in [-0.1, -0.05) is 18.0 Å². The Balaban J connectivity index is 2.06. The summed E-state index contributed by atoms with van der Waals surface area (Å²) >= 11 is 6.00. The van der Waals surface area contributed by atoms with Crippen molar-refractivity contribution in [3.05, 3.63) is 23.2 Å². The van der Waals surface area contributed by atoms with E-state index in [4.69, 9.17) is 17.3 Å². The van der Waals surface area contributed by atoms with Crippen LogP contribution in [0.5, 0.6) is 0 Å². The molecule has 2 aromatic rings. The Morgan fingerprint density at radius 2 is 2.25 bits per heavy atom. The lowest BCUT2D eigenvalue weighted by Crippen LogP contribution is -2.19. The normalized spacial score (nSPS) is 16.6. The van der Waals surface area contributed by atoms with Gasteiger partial charge in [-0.05, 0) is 37.0 Å². The SMILES string of the molecule is Nc1nc2ccc(Cl)cc2n1CC1CCC1. The number of hydrogen-bond acceptors (Lipinski definition) is 2. The quantitative estimate of drug-likeness (QED) is 0.870. The third kappa shape index (κ3) is 1.55. The van der Waals surface area contributed by atoms with E-state index in [1.165, 1.54) is 19.3 Å². The van der Waals surface area contributed by atoms with Gasteiger partial charge in [-0.25, -0.2) is 4.98 Å². The maximum absolute atomic E-state index is 6.00. The summed E-state index contributed by atoms with van der Waals surface area (Å²) in [6.45, 7) is 0.975. The molecule has 0 bridgehead atoms. The van der Waals surface area contributed by atoms with Crippen molar-refractivity contribution < 1.29 is 0 Å². The number of halogens is 1. The van der Waals surface area contributed by atoms with Crippen LogP contribution in [0.25, 0.3) is 11.0 Å². The Labute approximate surface area is 99.2 Å². The molecule has 0 aliphatic heterocycles. The summed E-state index contributed by atoms with van der Waals surface area (Å²) in [5.74, 6) is 1.36. The predicted molar refractivity (Wildman–Crippen MR) is 66.5 cm³/mol. The fraction of sp³-hybridized carbons (Fsp3) is 0.417. The number of imidazole rings is 1. The van der Waals surface area contributed by atoms with Gasteiger partial charge in [0.1, 0.15) is 0 Å². The van der Waals surface area contributed by atoms with Crippen molar-refractivity contribution >= 4 is 28.6 Å². The van der Waals surface area contributed by atoms with Gasteiger partial charge < -0.3 is 10.3 Å². The summed E-state index contributed by atoms with van der Waals surface area (Å²) in [5, 5.41) is 0.738. The third-order valence-corrected chi connectivity index (χ3v) is 3.64. The maximum Gasteiger partial charge on any atom is 0.201 e. The monoisotopic (exact) mass is 235 g/mol. The zero-order valence-electron chi connectivity index (χ0n) is 8.99. The molecule has 1 saturated carbocycles. The number of aromatic nitrogens is 2. The Kier molecular flexibility index (Phi) is 2.28. The van der Waals surface area contributed by atoms with Crippen LogP contribution in [0.15, 0.2) is 18.2 Å². The van der Waals surface area contributed by atoms with Gasteiger partial charge in [0.2, 0.25) is 5.95 Å². The number of nitrogen functional groups attached to an aromatic ring is 1. The summed E-state index contributed by atoms with van der Waals surface area (Å²) in [7, 11) is 0. The molecular formula is C12H14ClN3. The highest BCUT2D eigenvalue weighted by Gasteiger charge is 2.20. The van der Waals surface area contributed by atoms with Crippen LogP contribution in [0.4, 0.5) is 5.95 Å². The molecule has 16 heavy (non-hydrogen) atoms. The second-order valence-electron chi connectivity index (χ2n) is 4.51. The third-order valence-electron chi connectivity index (χ3n) is 3.41. The van der Waals surface area contributed by atoms with Crippen molar-refractivity contribution in [1.82, 2.24) is 9.55 Å². The van der Waals surface area contributed by atoms with Crippen LogP contribution >= 0.6 is 11.6 Å². The van der Waals surface area contributed by atoms with Gasteiger partial charge in [0.25, 0.3) is 0 Å². The van der Waals surface area contributed by atoms with Crippen molar-refractivity contribution in [1.29, 1.82) is 0 Å². The van der Waals surface area contributed by atoms with Crippen LogP contribution in [-0.4, -0.2) is 9.55 Å². The molecule has 0 atom stereocenters. The molecular weight excluding hydrogens is 222 g/mol. The number of hydrogen-bond donors (Lipinski definition) is 1. The van der Waals surface area contributed by atoms with Crippen molar-refractivity contribution in [3.63, 3.8) is 0 Å². The van der Waals surface area contributed by atoms with Crippen LogP contribution in [0, 0.1) is 5.92 Å². The number of rotatable bonds is 2. The second-order valence-corrected chi connectivity index (χ2v) is 4.95. The molecule has 3 rings (SSSR count). The Morgan fingerprint density at radius 1 is 1.44 bits per heavy atom. The summed E-state index contributed by atoms with van der Waals surface area (Å²) in [5.41, 5.74) is 7.92. The van der Waals surface area contributed by atoms with E-state index in [0.29, 0.717) is 5.95 Å². The van der Waals surface area contributed by atoms with Crippen LogP contribution in [0.2, 0.25) is 5.02 Å². The highest BCUT2D eigenvalue weighted by Crippen LogP contribution is 2.31. The number of benzene rings is 1. The molecule has 0 radical (unpaired) electrons. The Morgan fingerprint density at radius 3 is 2.94 bits per heavy atom. The molecule has 0 spiro atoms. The molecule has 2 N–H and O–H groups in total. The van der Waals surface area contributed by atoms with Gasteiger partial charge in [-0.15, -0.1) is 0 Å². The van der Waals surface area contributed by atoms with Gasteiger partial charge in [-0.2, -0.15) is 0 Å². The zero-order valence-corrected chi connectivity index (χ0v) is 9.74. The van der Waals surface area contributed by atoms with Gasteiger partial charge in [0.05, 0.1) is 11.0 Å². The lowest BCUT2D eigenvalue weighted by molar-refractivity contribution is 0.281. The topological polar surface area (TPSA) is 43.8 Å². The van der Waals surface area contributed by atoms with Crippen LogP contribution in [0.3, 0.4) is 0 Å². The number of anilines is 1. The predicted octanol–water partition coefficient (Wildman–Crippen LogP) is 3.07. The van der Waals surface area contributed by atoms with E-state index in [2.05, 4.69) is 9.55 Å². The van der Waals surface area contributed by atoms with E-state index >= 15 is 0 Å². The minimum Gasteiger partial charge on any atom is -0.369 e. The highest BCUT2D eigenvalue weighted by atomic mass is 35.5. The first kappa shape index (κ1) is 9.97. The molecule has 1 heterocycles. The fourth-order valence-electron chi connectivity index (χ4n) is 2.24. The lowest BCUT2D eigenvalue weighted by atomic mass is 9.85. The molecule has 1 aromatic carbocycles. The second kappa shape index (κ2) is 3.67. The lowest BCUT2D eigenvalue weighted by Gasteiger charge is -2.26. The van der Waals surface area contributed by atoms with E-state index in [0.717, 1.165) is 28.5 Å². The largest absolute Gasteiger partial charge is 0.369 e. The Hall–Kier alpha value is -1.22. The smallest absolute Gasteiger partial charge is 0.201 e. The van der Waals surface area contributed by atoms with E-state index in [9.17, 15) is 0 Å². The minimum atomic E-state index is 0.601. The van der Waals surface area contributed by atoms with Gasteiger partial charge in [0, 0.05) is 11.6 Å². The minimum absolute atomic E-state index is 0.601. The number of fused-ring (bicyclic) bond motifs is 1. The summed E-state index contributed by atoms with van der Waals surface area (Å²) in [4.78, 5) is 4.35. The fourth-order valence-corrected chi connectivity index (χ4v) is 2.41. The van der Waals surface area contributed by atoms with E-state index in [1.54, 1.807) is 0 Å². The van der Waals surface area contributed by atoms with Crippen molar-refractivity contribution in [2.45, 2.75) is 25.8 Å². The van der Waals surface area contributed by atoms with E-state index in [-0.39, 0.29) is 0 Å². The van der Waals surface area contributed by atoms with Crippen molar-refractivity contribution in [2.75, 3.05) is 5.73 Å². The van der Waals surface area contributed by atoms with Crippen LogP contribution in [0.1, 0.15) is 19.3 Å². The van der Waals surface area contributed by atoms with Crippen LogP contribution in [-0.2, 0) is 6.54 Å². The zero-order chi connectivity index (χ0) is 11.1. The Bertz CT molecular complexity index is 528. The van der Waals surface area contributed by atoms with Gasteiger partial charge >= 0.3 is 0 Å².